The molecule has 3 aromatic heterocycles. The van der Waals surface area contributed by atoms with E-state index in [-0.39, 0.29) is 0 Å². The van der Waals surface area contributed by atoms with E-state index in [1.165, 1.54) is 0 Å². The monoisotopic (exact) mass is 414 g/mol. The molecule has 0 saturated heterocycles. The van der Waals surface area contributed by atoms with E-state index in [4.69, 9.17) is 4.98 Å². The van der Waals surface area contributed by atoms with Crippen molar-refractivity contribution in [2.75, 3.05) is 0 Å². The molecule has 3 heterocycles. The Morgan fingerprint density at radius 3 is 2.28 bits per heavy atom. The highest BCUT2D eigenvalue weighted by atomic mass is 15.4. The molecular formula is C26H18N6. The minimum atomic E-state index is 0.540. The van der Waals surface area contributed by atoms with Crippen LogP contribution in [0, 0.1) is 0 Å². The van der Waals surface area contributed by atoms with Crippen molar-refractivity contribution in [3.8, 4) is 22.4 Å². The topological polar surface area (TPSA) is 69.4 Å². The van der Waals surface area contributed by atoms with Crippen LogP contribution in [0.1, 0.15) is 5.56 Å². The van der Waals surface area contributed by atoms with Gasteiger partial charge in [0.1, 0.15) is 0 Å². The third-order valence-corrected chi connectivity index (χ3v) is 5.48. The van der Waals surface area contributed by atoms with E-state index in [9.17, 15) is 0 Å². The summed E-state index contributed by atoms with van der Waals surface area (Å²) in [5, 5.41) is 9.58. The second-order valence-corrected chi connectivity index (χ2v) is 7.63. The number of hydrogen-bond acceptors (Lipinski definition) is 5. The summed E-state index contributed by atoms with van der Waals surface area (Å²) in [5.41, 5.74) is 7.34. The maximum absolute atomic E-state index is 4.78. The number of pyridine rings is 1. The molecule has 0 spiro atoms. The molecule has 3 aromatic carbocycles. The Bertz CT molecular complexity index is 1540. The van der Waals surface area contributed by atoms with Gasteiger partial charge in [0, 0.05) is 22.7 Å². The summed E-state index contributed by atoms with van der Waals surface area (Å²) in [5.74, 6) is 0. The zero-order valence-corrected chi connectivity index (χ0v) is 17.1. The molecule has 0 unspecified atom stereocenters. The molecule has 0 N–H and O–H groups in total. The first-order valence-corrected chi connectivity index (χ1v) is 10.4. The van der Waals surface area contributed by atoms with Gasteiger partial charge in [0.15, 0.2) is 5.65 Å². The maximum atomic E-state index is 4.78. The molecule has 152 valence electrons. The van der Waals surface area contributed by atoms with Gasteiger partial charge < -0.3 is 0 Å². The standard InChI is InChI=1S/C26H18N6/c1-3-7-19(8-4-1)22-14-21-13-18(11-12-23(21)27-15-22)17-32-26-25(30-31-32)28-16-24(29-26)20-9-5-2-6-10-20/h1-16H,17H2. The highest BCUT2D eigenvalue weighted by Crippen LogP contribution is 2.24. The fourth-order valence-electron chi connectivity index (χ4n) is 3.85. The summed E-state index contributed by atoms with van der Waals surface area (Å²) < 4.78 is 1.80. The number of benzene rings is 3. The summed E-state index contributed by atoms with van der Waals surface area (Å²) in [6, 6.07) is 28.7. The van der Waals surface area contributed by atoms with Gasteiger partial charge in [0.05, 0.1) is 24.0 Å². The summed E-state index contributed by atoms with van der Waals surface area (Å²) >= 11 is 0. The molecule has 0 aliphatic heterocycles. The van der Waals surface area contributed by atoms with E-state index in [0.717, 1.165) is 38.9 Å². The van der Waals surface area contributed by atoms with Gasteiger partial charge in [-0.2, -0.15) is 0 Å². The van der Waals surface area contributed by atoms with E-state index >= 15 is 0 Å². The van der Waals surface area contributed by atoms with Gasteiger partial charge in [-0.05, 0) is 29.3 Å². The van der Waals surface area contributed by atoms with Gasteiger partial charge in [-0.3, -0.25) is 4.98 Å². The molecule has 0 aliphatic carbocycles. The van der Waals surface area contributed by atoms with Gasteiger partial charge in [0.25, 0.3) is 0 Å². The van der Waals surface area contributed by atoms with E-state index < -0.39 is 0 Å². The SMILES string of the molecule is c1ccc(-c2cnc3ccc(Cn4nnc5ncc(-c6ccccc6)nc54)cc3c2)cc1. The van der Waals surface area contributed by atoms with Crippen LogP contribution in [0.15, 0.2) is 97.3 Å². The zero-order valence-electron chi connectivity index (χ0n) is 17.1. The smallest absolute Gasteiger partial charge is 0.221 e. The lowest BCUT2D eigenvalue weighted by atomic mass is 10.0. The van der Waals surface area contributed by atoms with Crippen molar-refractivity contribution in [1.29, 1.82) is 0 Å². The van der Waals surface area contributed by atoms with Crippen LogP contribution >= 0.6 is 0 Å². The molecule has 6 rings (SSSR count). The minimum Gasteiger partial charge on any atom is -0.256 e. The highest BCUT2D eigenvalue weighted by Gasteiger charge is 2.11. The summed E-state index contributed by atoms with van der Waals surface area (Å²) in [7, 11) is 0. The first-order chi connectivity index (χ1) is 15.8. The molecule has 0 atom stereocenters. The van der Waals surface area contributed by atoms with Crippen LogP contribution < -0.4 is 0 Å². The molecule has 0 aliphatic rings. The van der Waals surface area contributed by atoms with Crippen molar-refractivity contribution in [2.24, 2.45) is 0 Å². The molecule has 0 saturated carbocycles. The van der Waals surface area contributed by atoms with Crippen molar-refractivity contribution < 1.29 is 0 Å². The third-order valence-electron chi connectivity index (χ3n) is 5.48. The van der Waals surface area contributed by atoms with Crippen molar-refractivity contribution >= 4 is 22.2 Å². The Balaban J connectivity index is 1.37. The van der Waals surface area contributed by atoms with Gasteiger partial charge in [-0.1, -0.05) is 71.9 Å². The lowest BCUT2D eigenvalue weighted by molar-refractivity contribution is 0.664. The van der Waals surface area contributed by atoms with E-state index in [2.05, 4.69) is 50.6 Å². The quantitative estimate of drug-likeness (QED) is 0.399. The molecule has 32 heavy (non-hydrogen) atoms. The van der Waals surface area contributed by atoms with Crippen LogP contribution in [0.25, 0.3) is 44.6 Å². The predicted octanol–water partition coefficient (Wildman–Crippen LogP) is 5.15. The Labute approximate surface area is 184 Å². The van der Waals surface area contributed by atoms with Crippen LogP contribution in [-0.2, 0) is 6.54 Å². The van der Waals surface area contributed by atoms with Gasteiger partial charge >= 0.3 is 0 Å². The van der Waals surface area contributed by atoms with Crippen LogP contribution in [0.3, 0.4) is 0 Å². The molecule has 6 nitrogen and oxygen atoms in total. The van der Waals surface area contributed by atoms with Crippen molar-refractivity contribution in [3.05, 3.63) is 103 Å². The Morgan fingerprint density at radius 1 is 0.688 bits per heavy atom. The largest absolute Gasteiger partial charge is 0.256 e. The number of aromatic nitrogens is 6. The first kappa shape index (κ1) is 18.3. The molecule has 0 amide bonds. The average Bonchev–Trinajstić information content (AvgIpc) is 3.26. The number of nitrogens with zero attached hydrogens (tertiary/aromatic N) is 6. The molecule has 0 bridgehead atoms. The van der Waals surface area contributed by atoms with Crippen LogP contribution in [-0.4, -0.2) is 29.9 Å². The van der Waals surface area contributed by atoms with Gasteiger partial charge in [-0.15, -0.1) is 5.10 Å². The second-order valence-electron chi connectivity index (χ2n) is 7.63. The van der Waals surface area contributed by atoms with Gasteiger partial charge in [-0.25, -0.2) is 14.6 Å². The Morgan fingerprint density at radius 2 is 1.47 bits per heavy atom. The van der Waals surface area contributed by atoms with Crippen molar-refractivity contribution in [2.45, 2.75) is 6.54 Å². The van der Waals surface area contributed by atoms with Gasteiger partial charge in [0.2, 0.25) is 5.65 Å². The Kier molecular flexibility index (Phi) is 4.39. The molecule has 0 fully saturated rings. The number of hydrogen-bond donors (Lipinski definition) is 0. The highest BCUT2D eigenvalue weighted by molar-refractivity contribution is 5.84. The molecular weight excluding hydrogens is 396 g/mol. The zero-order chi connectivity index (χ0) is 21.3. The van der Waals surface area contributed by atoms with Crippen LogP contribution in [0.2, 0.25) is 0 Å². The third kappa shape index (κ3) is 3.37. The van der Waals surface area contributed by atoms with Crippen molar-refractivity contribution in [1.82, 2.24) is 29.9 Å². The normalized spacial score (nSPS) is 11.2. The van der Waals surface area contributed by atoms with E-state index in [1.807, 2.05) is 60.8 Å². The number of fused-ring (bicyclic) bond motifs is 2. The Hall–Kier alpha value is -4.45. The predicted molar refractivity (Wildman–Crippen MR) is 125 cm³/mol. The van der Waals surface area contributed by atoms with Crippen LogP contribution in [0.4, 0.5) is 0 Å². The average molecular weight is 414 g/mol. The maximum Gasteiger partial charge on any atom is 0.221 e. The minimum absolute atomic E-state index is 0.540. The number of rotatable bonds is 4. The second kappa shape index (κ2) is 7.67. The first-order valence-electron chi connectivity index (χ1n) is 10.4. The lowest BCUT2D eigenvalue weighted by Gasteiger charge is -2.07. The van der Waals surface area contributed by atoms with E-state index in [0.29, 0.717) is 17.8 Å². The summed E-state index contributed by atoms with van der Waals surface area (Å²) in [4.78, 5) is 13.9. The summed E-state index contributed by atoms with van der Waals surface area (Å²) in [6.07, 6.45) is 3.66. The van der Waals surface area contributed by atoms with Crippen molar-refractivity contribution in [3.63, 3.8) is 0 Å². The lowest BCUT2D eigenvalue weighted by Crippen LogP contribution is -2.03. The molecule has 6 heteroatoms. The van der Waals surface area contributed by atoms with E-state index in [1.54, 1.807) is 10.9 Å². The fourth-order valence-corrected chi connectivity index (χ4v) is 3.85. The summed E-state index contributed by atoms with van der Waals surface area (Å²) in [6.45, 7) is 0.551. The molecule has 6 aromatic rings. The fraction of sp³-hybridized carbons (Fsp3) is 0.0385. The van der Waals surface area contributed by atoms with Crippen LogP contribution in [0.5, 0.6) is 0 Å². The molecule has 0 radical (unpaired) electrons.